The molecule has 1 aromatic rings. The minimum atomic E-state index is 0.345. The van der Waals surface area contributed by atoms with Gasteiger partial charge in [0.1, 0.15) is 6.07 Å². The third-order valence-electron chi connectivity index (χ3n) is 3.80. The van der Waals surface area contributed by atoms with Gasteiger partial charge in [-0.3, -0.25) is 4.98 Å². The van der Waals surface area contributed by atoms with Gasteiger partial charge in [0.05, 0.1) is 16.9 Å². The SMILES string of the molecule is Cc1cc(NC(C)C2CCOCC2)c(C#N)c(C)n1. The second-order valence-corrected chi connectivity index (χ2v) is 5.27. The fraction of sp³-hybridized carbons (Fsp3) is 0.600. The van der Waals surface area contributed by atoms with Crippen LogP contribution in [0.5, 0.6) is 0 Å². The Morgan fingerprint density at radius 2 is 2.11 bits per heavy atom. The third-order valence-corrected chi connectivity index (χ3v) is 3.80. The average Bonchev–Trinajstić information content (AvgIpc) is 2.39. The van der Waals surface area contributed by atoms with Crippen molar-refractivity contribution in [1.82, 2.24) is 4.98 Å². The molecule has 4 nitrogen and oxygen atoms in total. The Morgan fingerprint density at radius 1 is 1.42 bits per heavy atom. The molecule has 1 aromatic heterocycles. The highest BCUT2D eigenvalue weighted by atomic mass is 16.5. The summed E-state index contributed by atoms with van der Waals surface area (Å²) < 4.78 is 5.39. The molecule has 1 unspecified atom stereocenters. The van der Waals surface area contributed by atoms with Crippen molar-refractivity contribution in [2.24, 2.45) is 5.92 Å². The summed E-state index contributed by atoms with van der Waals surface area (Å²) >= 11 is 0. The molecule has 1 atom stereocenters. The van der Waals surface area contributed by atoms with Gasteiger partial charge in [0.25, 0.3) is 0 Å². The van der Waals surface area contributed by atoms with E-state index in [0.717, 1.165) is 43.1 Å². The lowest BCUT2D eigenvalue weighted by atomic mass is 9.92. The Balaban J connectivity index is 2.16. The van der Waals surface area contributed by atoms with E-state index < -0.39 is 0 Å². The third kappa shape index (κ3) is 3.24. The minimum Gasteiger partial charge on any atom is -0.381 e. The summed E-state index contributed by atoms with van der Waals surface area (Å²) in [6.45, 7) is 7.71. The van der Waals surface area contributed by atoms with Gasteiger partial charge in [0, 0.05) is 24.9 Å². The smallest absolute Gasteiger partial charge is 0.103 e. The van der Waals surface area contributed by atoms with E-state index in [9.17, 15) is 5.26 Å². The molecule has 0 bridgehead atoms. The van der Waals surface area contributed by atoms with E-state index in [-0.39, 0.29) is 0 Å². The van der Waals surface area contributed by atoms with Gasteiger partial charge in [-0.1, -0.05) is 0 Å². The normalized spacial score (nSPS) is 17.8. The predicted octanol–water partition coefficient (Wildman–Crippen LogP) is 2.80. The summed E-state index contributed by atoms with van der Waals surface area (Å²) in [5.74, 6) is 0.606. The van der Waals surface area contributed by atoms with Crippen molar-refractivity contribution in [2.75, 3.05) is 18.5 Å². The van der Waals surface area contributed by atoms with Crippen LogP contribution < -0.4 is 5.32 Å². The number of aromatic nitrogens is 1. The van der Waals surface area contributed by atoms with E-state index in [1.54, 1.807) is 0 Å². The summed E-state index contributed by atoms with van der Waals surface area (Å²) in [6, 6.07) is 4.55. The van der Waals surface area contributed by atoms with Crippen molar-refractivity contribution in [3.8, 4) is 6.07 Å². The standard InChI is InChI=1S/C15H21N3O/c1-10-8-15(14(9-16)12(3)17-10)18-11(2)13-4-6-19-7-5-13/h8,11,13H,4-7H2,1-3H3,(H,17,18). The van der Waals surface area contributed by atoms with Gasteiger partial charge in [0.2, 0.25) is 0 Å². The predicted molar refractivity (Wildman–Crippen MR) is 75.1 cm³/mol. The number of nitriles is 1. The fourth-order valence-corrected chi connectivity index (χ4v) is 2.66. The molecule has 0 radical (unpaired) electrons. The maximum absolute atomic E-state index is 9.26. The van der Waals surface area contributed by atoms with Crippen LogP contribution in [0.4, 0.5) is 5.69 Å². The van der Waals surface area contributed by atoms with Crippen LogP contribution in [-0.2, 0) is 4.74 Å². The van der Waals surface area contributed by atoms with Gasteiger partial charge in [-0.15, -0.1) is 0 Å². The highest BCUT2D eigenvalue weighted by molar-refractivity contribution is 5.60. The van der Waals surface area contributed by atoms with Crippen LogP contribution in [0.15, 0.2) is 6.07 Å². The molecule has 1 saturated heterocycles. The minimum absolute atomic E-state index is 0.345. The number of hydrogen-bond acceptors (Lipinski definition) is 4. The molecule has 1 N–H and O–H groups in total. The van der Waals surface area contributed by atoms with Crippen molar-refractivity contribution in [3.05, 3.63) is 23.0 Å². The van der Waals surface area contributed by atoms with Crippen LogP contribution in [-0.4, -0.2) is 24.2 Å². The van der Waals surface area contributed by atoms with Crippen LogP contribution in [0.1, 0.15) is 36.7 Å². The van der Waals surface area contributed by atoms with E-state index in [2.05, 4.69) is 23.3 Å². The zero-order chi connectivity index (χ0) is 13.8. The molecular formula is C15H21N3O. The first-order chi connectivity index (χ1) is 9.11. The summed E-state index contributed by atoms with van der Waals surface area (Å²) in [6.07, 6.45) is 2.16. The fourth-order valence-electron chi connectivity index (χ4n) is 2.66. The Hall–Kier alpha value is -1.60. The number of pyridine rings is 1. The highest BCUT2D eigenvalue weighted by Crippen LogP contribution is 2.25. The second-order valence-electron chi connectivity index (χ2n) is 5.27. The Morgan fingerprint density at radius 3 is 2.74 bits per heavy atom. The van der Waals surface area contributed by atoms with Gasteiger partial charge >= 0.3 is 0 Å². The van der Waals surface area contributed by atoms with E-state index in [1.807, 2.05) is 19.9 Å². The maximum atomic E-state index is 9.26. The van der Waals surface area contributed by atoms with Crippen LogP contribution in [0.2, 0.25) is 0 Å². The van der Waals surface area contributed by atoms with Crippen molar-refractivity contribution in [1.29, 1.82) is 5.26 Å². The van der Waals surface area contributed by atoms with E-state index in [4.69, 9.17) is 4.74 Å². The van der Waals surface area contributed by atoms with Crippen molar-refractivity contribution in [3.63, 3.8) is 0 Å². The zero-order valence-electron chi connectivity index (χ0n) is 11.9. The quantitative estimate of drug-likeness (QED) is 0.906. The molecule has 1 aliphatic heterocycles. The lowest BCUT2D eigenvalue weighted by molar-refractivity contribution is 0.0622. The van der Waals surface area contributed by atoms with Crippen LogP contribution in [0, 0.1) is 31.1 Å². The topological polar surface area (TPSA) is 57.9 Å². The van der Waals surface area contributed by atoms with Crippen LogP contribution in [0.25, 0.3) is 0 Å². The molecule has 0 aliphatic carbocycles. The first-order valence-electron chi connectivity index (χ1n) is 6.84. The van der Waals surface area contributed by atoms with Gasteiger partial charge in [-0.05, 0) is 45.6 Å². The van der Waals surface area contributed by atoms with Crippen LogP contribution in [0.3, 0.4) is 0 Å². The van der Waals surface area contributed by atoms with Gasteiger partial charge in [-0.25, -0.2) is 0 Å². The lowest BCUT2D eigenvalue weighted by Crippen LogP contribution is -2.31. The van der Waals surface area contributed by atoms with Gasteiger partial charge < -0.3 is 10.1 Å². The molecule has 0 amide bonds. The Bertz CT molecular complexity index is 487. The molecule has 0 saturated carbocycles. The highest BCUT2D eigenvalue weighted by Gasteiger charge is 2.21. The average molecular weight is 259 g/mol. The van der Waals surface area contributed by atoms with Crippen molar-refractivity contribution < 1.29 is 4.74 Å². The molecule has 2 rings (SSSR count). The number of nitrogens with one attached hydrogen (secondary N) is 1. The van der Waals surface area contributed by atoms with Gasteiger partial charge in [0.15, 0.2) is 0 Å². The van der Waals surface area contributed by atoms with Crippen molar-refractivity contribution >= 4 is 5.69 Å². The molecule has 1 aliphatic rings. The van der Waals surface area contributed by atoms with E-state index >= 15 is 0 Å². The van der Waals surface area contributed by atoms with Crippen molar-refractivity contribution in [2.45, 2.75) is 39.7 Å². The molecule has 19 heavy (non-hydrogen) atoms. The number of aryl methyl sites for hydroxylation is 2. The first kappa shape index (κ1) is 13.8. The number of ether oxygens (including phenoxy) is 1. The maximum Gasteiger partial charge on any atom is 0.103 e. The summed E-state index contributed by atoms with van der Waals surface area (Å²) in [4.78, 5) is 4.34. The lowest BCUT2D eigenvalue weighted by Gasteiger charge is -2.29. The molecule has 2 heterocycles. The molecule has 0 aromatic carbocycles. The molecule has 102 valence electrons. The summed E-state index contributed by atoms with van der Waals surface area (Å²) in [5, 5.41) is 12.8. The van der Waals surface area contributed by atoms with Crippen LogP contribution >= 0.6 is 0 Å². The summed E-state index contributed by atoms with van der Waals surface area (Å²) in [7, 11) is 0. The first-order valence-corrected chi connectivity index (χ1v) is 6.84. The van der Waals surface area contributed by atoms with E-state index in [1.165, 1.54) is 0 Å². The molecule has 4 heteroatoms. The number of rotatable bonds is 3. The van der Waals surface area contributed by atoms with E-state index in [0.29, 0.717) is 17.5 Å². The molecular weight excluding hydrogens is 238 g/mol. The zero-order valence-corrected chi connectivity index (χ0v) is 11.9. The summed E-state index contributed by atoms with van der Waals surface area (Å²) in [5.41, 5.74) is 3.30. The monoisotopic (exact) mass is 259 g/mol. The Kier molecular flexibility index (Phi) is 4.39. The Labute approximate surface area is 114 Å². The number of anilines is 1. The van der Waals surface area contributed by atoms with Gasteiger partial charge in [-0.2, -0.15) is 5.26 Å². The largest absolute Gasteiger partial charge is 0.381 e. The number of nitrogens with zero attached hydrogens (tertiary/aromatic N) is 2. The molecule has 1 fully saturated rings. The second kappa shape index (κ2) is 6.03. The number of hydrogen-bond donors (Lipinski definition) is 1. The molecule has 0 spiro atoms.